The first-order chi connectivity index (χ1) is 10.1. The number of anilines is 1. The van der Waals surface area contributed by atoms with Gasteiger partial charge in [0.05, 0.1) is 17.6 Å². The van der Waals surface area contributed by atoms with Crippen LogP contribution in [0.15, 0.2) is 35.7 Å². The summed E-state index contributed by atoms with van der Waals surface area (Å²) in [4.78, 5) is 0.957. The molecule has 0 saturated heterocycles. The van der Waals surface area contributed by atoms with Gasteiger partial charge in [0.15, 0.2) is 0 Å². The van der Waals surface area contributed by atoms with Crippen LogP contribution in [0.1, 0.15) is 0 Å². The van der Waals surface area contributed by atoms with Crippen LogP contribution in [0.25, 0.3) is 21.7 Å². The number of aryl methyl sites for hydroxylation is 1. The largest absolute Gasteiger partial charge is 0.496 e. The fraction of sp³-hybridized carbons (Fsp3) is 0.133. The third kappa shape index (κ3) is 2.38. The molecule has 108 valence electrons. The molecule has 2 heterocycles. The fourth-order valence-corrected chi connectivity index (χ4v) is 3.01. The molecule has 0 aliphatic carbocycles. The molecule has 4 nitrogen and oxygen atoms in total. The molecule has 3 rings (SSSR count). The molecule has 0 aliphatic heterocycles. The summed E-state index contributed by atoms with van der Waals surface area (Å²) in [6.45, 7) is 0. The second kappa shape index (κ2) is 5.21. The van der Waals surface area contributed by atoms with Crippen molar-refractivity contribution in [2.24, 2.45) is 7.05 Å². The van der Waals surface area contributed by atoms with E-state index in [4.69, 9.17) is 10.5 Å². The molecule has 0 atom stereocenters. The minimum Gasteiger partial charge on any atom is -0.496 e. The van der Waals surface area contributed by atoms with Gasteiger partial charge in [0.1, 0.15) is 23.1 Å². The maximum atomic E-state index is 13.1. The Bertz CT molecular complexity index is 777. The zero-order valence-electron chi connectivity index (χ0n) is 11.6. The van der Waals surface area contributed by atoms with Gasteiger partial charge in [-0.05, 0) is 17.7 Å². The number of nitrogens with zero attached hydrogens (tertiary/aromatic N) is 2. The zero-order valence-corrected chi connectivity index (χ0v) is 12.4. The number of halogens is 1. The van der Waals surface area contributed by atoms with Gasteiger partial charge in [0.25, 0.3) is 0 Å². The van der Waals surface area contributed by atoms with E-state index in [1.165, 1.54) is 23.5 Å². The predicted molar refractivity (Wildman–Crippen MR) is 82.9 cm³/mol. The molecule has 21 heavy (non-hydrogen) atoms. The Balaban J connectivity index is 2.17. The number of thiophene rings is 1. The second-order valence-corrected chi connectivity index (χ2v) is 5.50. The van der Waals surface area contributed by atoms with Crippen molar-refractivity contribution >= 4 is 17.2 Å². The van der Waals surface area contributed by atoms with Crippen LogP contribution in [0.4, 0.5) is 10.2 Å². The summed E-state index contributed by atoms with van der Waals surface area (Å²) >= 11 is 1.53. The Morgan fingerprint density at radius 2 is 2.00 bits per heavy atom. The lowest BCUT2D eigenvalue weighted by Gasteiger charge is -2.03. The molecular formula is C15H14FN3OS. The van der Waals surface area contributed by atoms with Crippen LogP contribution < -0.4 is 10.5 Å². The molecule has 0 spiro atoms. The fourth-order valence-electron chi connectivity index (χ4n) is 2.16. The molecule has 0 radical (unpaired) electrons. The number of methoxy groups -OCH3 is 1. The first-order valence-corrected chi connectivity index (χ1v) is 7.19. The number of ether oxygens (including phenoxy) is 1. The molecule has 0 saturated carbocycles. The monoisotopic (exact) mass is 303 g/mol. The topological polar surface area (TPSA) is 53.1 Å². The highest BCUT2D eigenvalue weighted by Crippen LogP contribution is 2.39. The summed E-state index contributed by atoms with van der Waals surface area (Å²) in [5, 5.41) is 6.39. The van der Waals surface area contributed by atoms with E-state index >= 15 is 0 Å². The minimum absolute atomic E-state index is 0.277. The van der Waals surface area contributed by atoms with Gasteiger partial charge in [-0.15, -0.1) is 11.3 Å². The van der Waals surface area contributed by atoms with Gasteiger partial charge in [-0.3, -0.25) is 4.68 Å². The summed E-state index contributed by atoms with van der Waals surface area (Å²) in [6.07, 6.45) is 0. The summed E-state index contributed by atoms with van der Waals surface area (Å²) in [5.41, 5.74) is 8.55. The molecule has 2 N–H and O–H groups in total. The summed E-state index contributed by atoms with van der Waals surface area (Å²) in [7, 11) is 3.41. The van der Waals surface area contributed by atoms with E-state index in [-0.39, 0.29) is 5.82 Å². The summed E-state index contributed by atoms with van der Waals surface area (Å²) in [5.74, 6) is 1.05. The molecule has 0 amide bonds. The normalized spacial score (nSPS) is 10.8. The van der Waals surface area contributed by atoms with Crippen molar-refractivity contribution in [3.8, 4) is 27.4 Å². The van der Waals surface area contributed by atoms with Gasteiger partial charge in [-0.25, -0.2) is 4.39 Å². The van der Waals surface area contributed by atoms with Crippen LogP contribution in [-0.4, -0.2) is 16.9 Å². The van der Waals surface area contributed by atoms with Gasteiger partial charge in [-0.2, -0.15) is 5.10 Å². The van der Waals surface area contributed by atoms with Crippen LogP contribution in [0.5, 0.6) is 5.75 Å². The lowest BCUT2D eigenvalue weighted by molar-refractivity contribution is 0.417. The van der Waals surface area contributed by atoms with Crippen LogP contribution in [0.3, 0.4) is 0 Å². The van der Waals surface area contributed by atoms with Crippen LogP contribution in [-0.2, 0) is 7.05 Å². The van der Waals surface area contributed by atoms with Gasteiger partial charge in [0.2, 0.25) is 0 Å². The quantitative estimate of drug-likeness (QED) is 0.805. The highest BCUT2D eigenvalue weighted by molar-refractivity contribution is 7.13. The van der Waals surface area contributed by atoms with E-state index in [1.807, 2.05) is 11.4 Å². The number of nitrogens with two attached hydrogens (primary N) is 1. The average molecular weight is 303 g/mol. The number of hydrogen-bond donors (Lipinski definition) is 1. The molecule has 6 heteroatoms. The minimum atomic E-state index is -0.277. The standard InChI is InChI=1S/C15H14FN3OS/c1-19-15(17)13(9-3-5-10(16)6-4-9)14(18-19)12-7-11(20-2)8-21-12/h3-8H,17H2,1-2H3. The predicted octanol–water partition coefficient (Wildman–Crippen LogP) is 3.55. The van der Waals surface area contributed by atoms with E-state index in [0.717, 1.165) is 27.4 Å². The molecule has 0 bridgehead atoms. The highest BCUT2D eigenvalue weighted by Gasteiger charge is 2.19. The third-order valence-corrected chi connectivity index (χ3v) is 4.18. The maximum absolute atomic E-state index is 13.1. The van der Waals surface area contributed by atoms with Gasteiger partial charge in [-0.1, -0.05) is 12.1 Å². The van der Waals surface area contributed by atoms with Crippen molar-refractivity contribution in [2.45, 2.75) is 0 Å². The smallest absolute Gasteiger partial charge is 0.130 e. The number of benzene rings is 1. The Morgan fingerprint density at radius 1 is 1.29 bits per heavy atom. The Hall–Kier alpha value is -2.34. The molecule has 0 unspecified atom stereocenters. The van der Waals surface area contributed by atoms with Crippen LogP contribution >= 0.6 is 11.3 Å². The molecular weight excluding hydrogens is 289 g/mol. The summed E-state index contributed by atoms with van der Waals surface area (Å²) in [6, 6.07) is 8.16. The molecule has 0 aliphatic rings. The van der Waals surface area contributed by atoms with E-state index < -0.39 is 0 Å². The zero-order chi connectivity index (χ0) is 15.0. The van der Waals surface area contributed by atoms with E-state index in [9.17, 15) is 4.39 Å². The van der Waals surface area contributed by atoms with Crippen LogP contribution in [0.2, 0.25) is 0 Å². The second-order valence-electron chi connectivity index (χ2n) is 4.59. The van der Waals surface area contributed by atoms with Crippen molar-refractivity contribution in [1.82, 2.24) is 9.78 Å². The SMILES string of the molecule is COc1csc(-c2nn(C)c(N)c2-c2ccc(F)cc2)c1. The average Bonchev–Trinajstić information content (AvgIpc) is 3.06. The van der Waals surface area contributed by atoms with Crippen molar-refractivity contribution < 1.29 is 9.13 Å². The van der Waals surface area contributed by atoms with Gasteiger partial charge < -0.3 is 10.5 Å². The van der Waals surface area contributed by atoms with Crippen molar-refractivity contribution in [3.05, 3.63) is 41.5 Å². The van der Waals surface area contributed by atoms with Gasteiger partial charge >= 0.3 is 0 Å². The number of nitrogen functional groups attached to an aromatic ring is 1. The van der Waals surface area contributed by atoms with Gasteiger partial charge in [0, 0.05) is 18.5 Å². The summed E-state index contributed by atoms with van der Waals surface area (Å²) < 4.78 is 19.9. The van der Waals surface area contributed by atoms with E-state index in [2.05, 4.69) is 5.10 Å². The first kappa shape index (κ1) is 13.6. The third-order valence-electron chi connectivity index (χ3n) is 3.27. The van der Waals surface area contributed by atoms with Crippen molar-refractivity contribution in [3.63, 3.8) is 0 Å². The number of rotatable bonds is 3. The van der Waals surface area contributed by atoms with E-state index in [1.54, 1.807) is 31.0 Å². The molecule has 2 aromatic heterocycles. The lowest BCUT2D eigenvalue weighted by atomic mass is 10.0. The Morgan fingerprint density at radius 3 is 2.62 bits per heavy atom. The Labute approximate surface area is 125 Å². The lowest BCUT2D eigenvalue weighted by Crippen LogP contribution is -1.97. The van der Waals surface area contributed by atoms with E-state index in [0.29, 0.717) is 5.82 Å². The highest BCUT2D eigenvalue weighted by atomic mass is 32.1. The Kier molecular flexibility index (Phi) is 3.39. The molecule has 3 aromatic rings. The van der Waals surface area contributed by atoms with Crippen LogP contribution in [0, 0.1) is 5.82 Å². The number of hydrogen-bond acceptors (Lipinski definition) is 4. The molecule has 0 fully saturated rings. The number of aromatic nitrogens is 2. The first-order valence-electron chi connectivity index (χ1n) is 6.31. The van der Waals surface area contributed by atoms with Crippen molar-refractivity contribution in [2.75, 3.05) is 12.8 Å². The molecule has 1 aromatic carbocycles. The maximum Gasteiger partial charge on any atom is 0.130 e. The van der Waals surface area contributed by atoms with Crippen molar-refractivity contribution in [1.29, 1.82) is 0 Å².